The Balaban J connectivity index is 1.77. The van der Waals surface area contributed by atoms with Crippen LogP contribution in [0.4, 0.5) is 0 Å². The van der Waals surface area contributed by atoms with Gasteiger partial charge in [-0.05, 0) is 44.4 Å². The molecule has 0 spiro atoms. The molecule has 1 unspecified atom stereocenters. The highest BCUT2D eigenvalue weighted by Gasteiger charge is 2.27. The summed E-state index contributed by atoms with van der Waals surface area (Å²) in [6.07, 6.45) is 4.21. The first-order chi connectivity index (χ1) is 14.0. The Labute approximate surface area is 176 Å². The Bertz CT molecular complexity index is 908. The number of nitrogens with zero attached hydrogens (tertiary/aromatic N) is 4. The molecule has 0 saturated carbocycles. The van der Waals surface area contributed by atoms with Crippen LogP contribution < -0.4 is 4.74 Å². The molecule has 0 bridgehead atoms. The van der Waals surface area contributed by atoms with Crippen LogP contribution in [0.3, 0.4) is 0 Å². The second kappa shape index (κ2) is 9.75. The molecule has 1 aromatic carbocycles. The van der Waals surface area contributed by atoms with Gasteiger partial charge in [0.2, 0.25) is 5.91 Å². The fraction of sp³-hybridized carbons (Fsp3) is 0.455. The van der Waals surface area contributed by atoms with Crippen molar-refractivity contribution in [2.45, 2.75) is 50.6 Å². The normalized spacial score (nSPS) is 16.8. The van der Waals surface area contributed by atoms with Crippen LogP contribution in [0.15, 0.2) is 29.3 Å². The Hall–Kier alpha value is -2.59. The number of hydrogen-bond acceptors (Lipinski definition) is 6. The zero-order chi connectivity index (χ0) is 20.8. The van der Waals surface area contributed by atoms with E-state index in [0.29, 0.717) is 22.1 Å². The van der Waals surface area contributed by atoms with Gasteiger partial charge in [0.1, 0.15) is 28.2 Å². The van der Waals surface area contributed by atoms with Gasteiger partial charge in [-0.2, -0.15) is 5.26 Å². The van der Waals surface area contributed by atoms with E-state index in [1.165, 1.54) is 11.8 Å². The van der Waals surface area contributed by atoms with Crippen molar-refractivity contribution in [1.82, 2.24) is 14.9 Å². The van der Waals surface area contributed by atoms with Gasteiger partial charge >= 0.3 is 0 Å². The van der Waals surface area contributed by atoms with Crippen molar-refractivity contribution in [1.29, 1.82) is 5.26 Å². The van der Waals surface area contributed by atoms with Gasteiger partial charge in [0.05, 0.1) is 24.6 Å². The number of aryl methyl sites for hydroxylation is 2. The molecule has 0 N–H and O–H groups in total. The van der Waals surface area contributed by atoms with Crippen LogP contribution in [0, 0.1) is 25.2 Å². The molecule has 1 aliphatic heterocycles. The largest absolute Gasteiger partial charge is 0.497 e. The minimum atomic E-state index is 0.0702. The molecule has 7 heteroatoms. The molecule has 1 amide bonds. The summed E-state index contributed by atoms with van der Waals surface area (Å²) in [5, 5.41) is 10.0. The van der Waals surface area contributed by atoms with E-state index in [9.17, 15) is 10.1 Å². The molecule has 1 fully saturated rings. The number of methoxy groups -OCH3 is 1. The molecule has 0 aliphatic carbocycles. The van der Waals surface area contributed by atoms with Crippen LogP contribution in [-0.2, 0) is 4.79 Å². The van der Waals surface area contributed by atoms with Crippen LogP contribution in [0.2, 0.25) is 0 Å². The number of benzene rings is 1. The van der Waals surface area contributed by atoms with Crippen molar-refractivity contribution in [3.63, 3.8) is 0 Å². The molecule has 1 saturated heterocycles. The van der Waals surface area contributed by atoms with Gasteiger partial charge in [-0.25, -0.2) is 9.97 Å². The zero-order valence-electron chi connectivity index (χ0n) is 17.1. The number of likely N-dealkylation sites (tertiary alicyclic amines) is 1. The number of carbonyl (C=O) groups is 1. The number of rotatable bonds is 5. The van der Waals surface area contributed by atoms with Gasteiger partial charge in [-0.3, -0.25) is 4.79 Å². The van der Waals surface area contributed by atoms with Gasteiger partial charge in [0.25, 0.3) is 0 Å². The summed E-state index contributed by atoms with van der Waals surface area (Å²) in [7, 11) is 1.65. The maximum absolute atomic E-state index is 13.2. The van der Waals surface area contributed by atoms with E-state index in [-0.39, 0.29) is 17.7 Å². The second-order valence-corrected chi connectivity index (χ2v) is 8.13. The first-order valence-corrected chi connectivity index (χ1v) is 10.8. The summed E-state index contributed by atoms with van der Waals surface area (Å²) < 4.78 is 5.26. The Morgan fingerprint density at radius 2 is 2.00 bits per heavy atom. The highest BCUT2D eigenvalue weighted by atomic mass is 32.2. The molecule has 29 heavy (non-hydrogen) atoms. The van der Waals surface area contributed by atoms with E-state index in [1.807, 2.05) is 29.2 Å². The summed E-state index contributed by atoms with van der Waals surface area (Å²) in [6.45, 7) is 4.35. The maximum Gasteiger partial charge on any atom is 0.233 e. The predicted molar refractivity (Wildman–Crippen MR) is 113 cm³/mol. The van der Waals surface area contributed by atoms with Gasteiger partial charge in [-0.15, -0.1) is 0 Å². The number of carbonyl (C=O) groups excluding carboxylic acids is 1. The lowest BCUT2D eigenvalue weighted by Crippen LogP contribution is -2.36. The van der Waals surface area contributed by atoms with Crippen molar-refractivity contribution in [3.8, 4) is 11.8 Å². The van der Waals surface area contributed by atoms with Crippen LogP contribution in [-0.4, -0.2) is 40.2 Å². The van der Waals surface area contributed by atoms with Gasteiger partial charge in [-0.1, -0.05) is 36.7 Å². The van der Waals surface area contributed by atoms with Crippen molar-refractivity contribution in [2.24, 2.45) is 0 Å². The summed E-state index contributed by atoms with van der Waals surface area (Å²) in [6, 6.07) is 10.2. The second-order valence-electron chi connectivity index (χ2n) is 7.16. The molecule has 6 nitrogen and oxygen atoms in total. The van der Waals surface area contributed by atoms with Crippen LogP contribution in [0.5, 0.6) is 5.75 Å². The molecule has 1 atom stereocenters. The fourth-order valence-electron chi connectivity index (χ4n) is 3.71. The van der Waals surface area contributed by atoms with Crippen LogP contribution in [0.25, 0.3) is 0 Å². The average molecular weight is 411 g/mol. The van der Waals surface area contributed by atoms with E-state index in [4.69, 9.17) is 4.74 Å². The van der Waals surface area contributed by atoms with E-state index in [0.717, 1.165) is 43.5 Å². The molecule has 152 valence electrons. The smallest absolute Gasteiger partial charge is 0.233 e. The third kappa shape index (κ3) is 5.07. The monoisotopic (exact) mass is 410 g/mol. The van der Waals surface area contributed by atoms with E-state index >= 15 is 0 Å². The summed E-state index contributed by atoms with van der Waals surface area (Å²) in [5.74, 6) is 1.77. The lowest BCUT2D eigenvalue weighted by atomic mass is 10.0. The summed E-state index contributed by atoms with van der Waals surface area (Å²) in [5.41, 5.74) is 2.24. The van der Waals surface area contributed by atoms with Crippen molar-refractivity contribution >= 4 is 17.7 Å². The van der Waals surface area contributed by atoms with E-state index < -0.39 is 0 Å². The van der Waals surface area contributed by atoms with Crippen molar-refractivity contribution in [3.05, 3.63) is 46.9 Å². The Kier molecular flexibility index (Phi) is 7.10. The Morgan fingerprint density at radius 3 is 2.69 bits per heavy atom. The third-order valence-electron chi connectivity index (χ3n) is 5.19. The lowest BCUT2D eigenvalue weighted by Gasteiger charge is -2.30. The predicted octanol–water partition coefficient (Wildman–Crippen LogP) is 4.21. The quantitative estimate of drug-likeness (QED) is 0.543. The molecule has 3 rings (SSSR count). The van der Waals surface area contributed by atoms with E-state index in [2.05, 4.69) is 16.0 Å². The topological polar surface area (TPSA) is 79.1 Å². The lowest BCUT2D eigenvalue weighted by molar-refractivity contribution is -0.130. The zero-order valence-corrected chi connectivity index (χ0v) is 18.0. The van der Waals surface area contributed by atoms with E-state index in [1.54, 1.807) is 21.0 Å². The van der Waals surface area contributed by atoms with Crippen LogP contribution >= 0.6 is 11.8 Å². The molecule has 2 aromatic rings. The van der Waals surface area contributed by atoms with Crippen molar-refractivity contribution < 1.29 is 9.53 Å². The molecule has 0 radical (unpaired) electrons. The molecular formula is C22H26N4O2S. The molecular weight excluding hydrogens is 384 g/mol. The molecule has 1 aliphatic rings. The highest BCUT2D eigenvalue weighted by Crippen LogP contribution is 2.32. The Morgan fingerprint density at radius 1 is 1.24 bits per heavy atom. The van der Waals surface area contributed by atoms with Gasteiger partial charge in [0, 0.05) is 6.54 Å². The van der Waals surface area contributed by atoms with Gasteiger partial charge in [0.15, 0.2) is 0 Å². The fourth-order valence-corrected chi connectivity index (χ4v) is 4.67. The van der Waals surface area contributed by atoms with Crippen LogP contribution in [0.1, 0.15) is 54.4 Å². The summed E-state index contributed by atoms with van der Waals surface area (Å²) >= 11 is 1.33. The molecule has 2 heterocycles. The number of hydrogen-bond donors (Lipinski definition) is 0. The van der Waals surface area contributed by atoms with Gasteiger partial charge < -0.3 is 9.64 Å². The minimum absolute atomic E-state index is 0.0702. The summed E-state index contributed by atoms with van der Waals surface area (Å²) in [4.78, 5) is 23.8. The first kappa shape index (κ1) is 21.1. The minimum Gasteiger partial charge on any atom is -0.497 e. The number of aromatic nitrogens is 2. The highest BCUT2D eigenvalue weighted by molar-refractivity contribution is 8.00. The maximum atomic E-state index is 13.2. The number of nitriles is 1. The average Bonchev–Trinajstić information content (AvgIpc) is 2.98. The molecule has 1 aromatic heterocycles. The standard InChI is InChI=1S/C22H26N4O2S/c1-15-19(13-23)22(25-16(2)24-15)29-14-21(27)26-12-6-4-5-7-20(26)17-8-10-18(28-3)11-9-17/h8-11,20H,4-7,12,14H2,1-3H3. The SMILES string of the molecule is COc1ccc(C2CCCCCN2C(=O)CSc2nc(C)nc(C)c2C#N)cc1. The van der Waals surface area contributed by atoms with Crippen molar-refractivity contribution in [2.75, 3.05) is 19.4 Å². The number of thioether (sulfide) groups is 1. The third-order valence-corrected chi connectivity index (χ3v) is 6.15. The number of amides is 1. The number of ether oxygens (including phenoxy) is 1. The first-order valence-electron chi connectivity index (χ1n) is 9.85.